The molecular formula is C54H98N22O11. The van der Waals surface area contributed by atoms with Gasteiger partial charge in [0.15, 0.2) is 5.96 Å². The summed E-state index contributed by atoms with van der Waals surface area (Å²) in [6.45, 7) is 2.28. The fraction of sp³-hybridized carbons (Fsp3) is 0.685. The quantitative estimate of drug-likeness (QED) is 0.0125. The van der Waals surface area contributed by atoms with Gasteiger partial charge in [0.1, 0.15) is 47.7 Å². The molecule has 0 bridgehead atoms. The molecule has 0 aromatic carbocycles. The Hall–Kier alpha value is -7.53. The van der Waals surface area contributed by atoms with Crippen molar-refractivity contribution in [1.29, 1.82) is 0 Å². The molecule has 0 radical (unpaired) electrons. The zero-order valence-corrected chi connectivity index (χ0v) is 50.2. The van der Waals surface area contributed by atoms with Gasteiger partial charge in [-0.25, -0.2) is 9.98 Å². The standard InChI is InChI=1S/C54H98N22O11/c1-33(77)44(75-49(83)39(19-25-60)70-45(79)35(61)13-2-5-20-55)52(86)67-31-43(78)69-40(16-10-24-59)53(87)76-28-12-18-42(76)51(85)74-41(29-34-30-64-32-68-34)50(84)73-37(15-4-7-22-57)47(81)72-38(17-11-27-66-54(62)63)48(82)71-36(14-3-6-21-56)46(80)65-26-9-8-23-58/h17,30,32-33,35-37,39,41-42,44,77H,2-16,18-29,31,55-61H2,1H3,(H,64,68)(H,65,80)(H,67,86)(H,70,79)(H,71,82)(H,72,81)(H,73,84)(H,74,85)(H,75,83)(H4,62,63,66)/b38-17-,69-40?/t33-,35-,36-,37-,39-,41-,42-,44-/m0/s1. The summed E-state index contributed by atoms with van der Waals surface area (Å²) < 4.78 is 0. The normalized spacial score (nSPS) is 15.7. The molecule has 8 atom stereocenters. The SMILES string of the molecule is C[C@H](O)[C@H](NC(=O)[C@H](CCN)NC(=O)[C@@H](N)CCCCN)C(=O)NCC(=O)N=C(CCCN)C(=O)N1CCC[C@H]1C(=O)N[C@@H](Cc1cnc[nH]1)C(=O)N[C@@H](CCCCN)C(=O)N/C(=C\CCN=C(N)N)C(=O)N[C@@H](CCCCN)C(=O)NCCCCN. The van der Waals surface area contributed by atoms with Crippen LogP contribution < -0.4 is 94.1 Å². The van der Waals surface area contributed by atoms with Crippen LogP contribution in [0.3, 0.4) is 0 Å². The number of aliphatic hydroxyl groups is 1. The van der Waals surface area contributed by atoms with Crippen LogP contribution in [0.5, 0.6) is 0 Å². The number of rotatable bonds is 44. The summed E-state index contributed by atoms with van der Waals surface area (Å²) in [7, 11) is 0. The largest absolute Gasteiger partial charge is 0.391 e. The first-order chi connectivity index (χ1) is 41.7. The van der Waals surface area contributed by atoms with Crippen LogP contribution in [-0.2, 0) is 54.4 Å². The summed E-state index contributed by atoms with van der Waals surface area (Å²) >= 11 is 0. The molecule has 33 nitrogen and oxygen atoms in total. The van der Waals surface area contributed by atoms with Crippen LogP contribution in [0.15, 0.2) is 34.3 Å². The van der Waals surface area contributed by atoms with E-state index in [9.17, 15) is 53.1 Å². The van der Waals surface area contributed by atoms with Crippen molar-refractivity contribution in [2.24, 2.45) is 61.6 Å². The van der Waals surface area contributed by atoms with E-state index in [1.54, 1.807) is 0 Å². The summed E-state index contributed by atoms with van der Waals surface area (Å²) in [6, 6.07) is -8.74. The number of unbranched alkanes of at least 4 members (excludes halogenated alkanes) is 4. The number of aromatic amines is 1. The molecule has 33 heteroatoms. The fourth-order valence-corrected chi connectivity index (χ4v) is 8.96. The lowest BCUT2D eigenvalue weighted by atomic mass is 10.1. The lowest BCUT2D eigenvalue weighted by molar-refractivity contribution is -0.136. The van der Waals surface area contributed by atoms with Crippen LogP contribution in [0.25, 0.3) is 0 Å². The zero-order chi connectivity index (χ0) is 64.7. The highest BCUT2D eigenvalue weighted by Gasteiger charge is 2.39. The lowest BCUT2D eigenvalue weighted by Gasteiger charge is -2.28. The maximum atomic E-state index is 14.5. The highest BCUT2D eigenvalue weighted by atomic mass is 16.3. The van der Waals surface area contributed by atoms with Crippen LogP contribution in [0.4, 0.5) is 0 Å². The maximum Gasteiger partial charge on any atom is 0.269 e. The first-order valence-electron chi connectivity index (χ1n) is 29.8. The number of H-pyrrole nitrogens is 1. The Balaban J connectivity index is 2.40. The minimum atomic E-state index is -1.62. The van der Waals surface area contributed by atoms with Crippen molar-refractivity contribution in [2.75, 3.05) is 65.4 Å². The number of aliphatic hydroxyl groups excluding tert-OH is 1. The Morgan fingerprint density at radius 3 is 1.89 bits per heavy atom. The van der Waals surface area contributed by atoms with Gasteiger partial charge >= 0.3 is 0 Å². The topological polar surface area (TPSA) is 578 Å². The Kier molecular flexibility index (Phi) is 37.5. The molecule has 28 N–H and O–H groups in total. The number of carbonyl (C=O) groups excluding carboxylic acids is 10. The molecule has 1 aliphatic heterocycles. The lowest BCUT2D eigenvalue weighted by Crippen LogP contribution is -2.59. The molecule has 1 aromatic rings. The zero-order valence-electron chi connectivity index (χ0n) is 50.2. The van der Waals surface area contributed by atoms with Gasteiger partial charge < -0.3 is 109 Å². The predicted molar refractivity (Wildman–Crippen MR) is 325 cm³/mol. The number of nitrogens with two attached hydrogens (primary N) is 9. The number of guanidine groups is 1. The second-order valence-corrected chi connectivity index (χ2v) is 21.0. The van der Waals surface area contributed by atoms with Gasteiger partial charge in [-0.15, -0.1) is 0 Å². The molecule has 10 amide bonds. The highest BCUT2D eigenvalue weighted by Crippen LogP contribution is 2.20. The molecule has 1 aliphatic rings. The van der Waals surface area contributed by atoms with Gasteiger partial charge in [0.05, 0.1) is 25.0 Å². The van der Waals surface area contributed by atoms with Crippen molar-refractivity contribution < 1.29 is 53.1 Å². The number of hydrogen-bond donors (Lipinski definition) is 19. The van der Waals surface area contributed by atoms with E-state index in [0.717, 1.165) is 0 Å². The molecule has 0 unspecified atom stereocenters. The van der Waals surface area contributed by atoms with Gasteiger partial charge in [0.2, 0.25) is 41.4 Å². The third-order valence-electron chi connectivity index (χ3n) is 13.8. The second kappa shape index (κ2) is 43.2. The molecule has 1 aromatic heterocycles. The monoisotopic (exact) mass is 1230 g/mol. The first-order valence-corrected chi connectivity index (χ1v) is 29.8. The van der Waals surface area contributed by atoms with E-state index in [-0.39, 0.29) is 101 Å². The third kappa shape index (κ3) is 29.1. The number of carbonyl (C=O) groups is 10. The number of nitrogens with one attached hydrogen (secondary N) is 9. The van der Waals surface area contributed by atoms with E-state index >= 15 is 0 Å². The van der Waals surface area contributed by atoms with E-state index in [0.29, 0.717) is 96.1 Å². The highest BCUT2D eigenvalue weighted by molar-refractivity contribution is 6.40. The Labute approximate surface area is 507 Å². The Morgan fingerprint density at radius 1 is 0.690 bits per heavy atom. The molecule has 0 aliphatic carbocycles. The van der Waals surface area contributed by atoms with Crippen LogP contribution in [0, 0.1) is 0 Å². The van der Waals surface area contributed by atoms with Crippen molar-refractivity contribution in [3.63, 3.8) is 0 Å². The number of aliphatic imine (C=N–C) groups is 2. The summed E-state index contributed by atoms with van der Waals surface area (Å²) in [5.41, 5.74) is 51.0. The van der Waals surface area contributed by atoms with Gasteiger partial charge in [-0.3, -0.25) is 52.9 Å². The van der Waals surface area contributed by atoms with Gasteiger partial charge in [-0.1, -0.05) is 12.5 Å². The first kappa shape index (κ1) is 75.6. The maximum absolute atomic E-state index is 14.5. The molecule has 2 heterocycles. The minimum Gasteiger partial charge on any atom is -0.391 e. The molecule has 1 saturated heterocycles. The third-order valence-corrected chi connectivity index (χ3v) is 13.8. The number of aromatic nitrogens is 2. The van der Waals surface area contributed by atoms with Gasteiger partial charge in [-0.2, -0.15) is 0 Å². The van der Waals surface area contributed by atoms with E-state index in [1.165, 1.54) is 30.4 Å². The number of nitrogens with zero attached hydrogens (tertiary/aromatic N) is 4. The van der Waals surface area contributed by atoms with Crippen molar-refractivity contribution in [3.05, 3.63) is 30.0 Å². The average molecular weight is 1230 g/mol. The molecular weight excluding hydrogens is 1130 g/mol. The Morgan fingerprint density at radius 2 is 1.29 bits per heavy atom. The van der Waals surface area contributed by atoms with E-state index in [4.69, 9.17) is 51.6 Å². The number of amides is 10. The molecule has 87 heavy (non-hydrogen) atoms. The van der Waals surface area contributed by atoms with Gasteiger partial charge in [0.25, 0.3) is 17.7 Å². The number of imidazole rings is 1. The van der Waals surface area contributed by atoms with Crippen molar-refractivity contribution >= 4 is 70.7 Å². The van der Waals surface area contributed by atoms with Crippen molar-refractivity contribution in [2.45, 2.75) is 171 Å². The predicted octanol–water partition coefficient (Wildman–Crippen LogP) is -6.85. The second-order valence-electron chi connectivity index (χ2n) is 21.0. The van der Waals surface area contributed by atoms with Crippen LogP contribution in [0.1, 0.15) is 122 Å². The van der Waals surface area contributed by atoms with E-state index in [1.807, 2.05) is 0 Å². The molecule has 1 fully saturated rings. The molecule has 0 saturated carbocycles. The molecule has 2 rings (SSSR count). The summed E-state index contributed by atoms with van der Waals surface area (Å²) in [5.74, 6) is -8.21. The van der Waals surface area contributed by atoms with Crippen LogP contribution >= 0.6 is 0 Å². The summed E-state index contributed by atoms with van der Waals surface area (Å²) in [6.07, 6.45) is 7.91. The smallest absolute Gasteiger partial charge is 0.269 e. The molecule has 0 spiro atoms. The minimum absolute atomic E-state index is 0.0223. The summed E-state index contributed by atoms with van der Waals surface area (Å²) in [4.78, 5) is 154. The number of likely N-dealkylation sites (tertiary alicyclic amines) is 1. The van der Waals surface area contributed by atoms with Crippen LogP contribution in [-0.4, -0.2) is 205 Å². The fourth-order valence-electron chi connectivity index (χ4n) is 8.96. The van der Waals surface area contributed by atoms with Crippen molar-refractivity contribution in [1.82, 2.24) is 57.4 Å². The summed E-state index contributed by atoms with van der Waals surface area (Å²) in [5, 5.41) is 31.3. The van der Waals surface area contributed by atoms with E-state index in [2.05, 4.69) is 62.5 Å². The van der Waals surface area contributed by atoms with E-state index < -0.39 is 114 Å². The van der Waals surface area contributed by atoms with Crippen LogP contribution in [0.2, 0.25) is 0 Å². The van der Waals surface area contributed by atoms with Gasteiger partial charge in [-0.05, 0) is 149 Å². The molecule has 490 valence electrons. The van der Waals surface area contributed by atoms with Gasteiger partial charge in [0, 0.05) is 37.9 Å². The Bertz CT molecular complexity index is 2420. The number of hydrogen-bond acceptors (Lipinski definition) is 20. The average Bonchev–Trinajstić information content (AvgIpc) is 2.98. The van der Waals surface area contributed by atoms with Crippen molar-refractivity contribution in [3.8, 4) is 0 Å².